The van der Waals surface area contributed by atoms with E-state index in [1.165, 1.54) is 0 Å². The van der Waals surface area contributed by atoms with Crippen LogP contribution >= 0.6 is 12.4 Å². The van der Waals surface area contributed by atoms with Crippen LogP contribution in [0, 0.1) is 5.92 Å². The van der Waals surface area contributed by atoms with Crippen LogP contribution < -0.4 is 11.1 Å². The van der Waals surface area contributed by atoms with Gasteiger partial charge in [-0.15, -0.1) is 12.4 Å². The number of halogens is 1. The zero-order chi connectivity index (χ0) is 11.4. The Morgan fingerprint density at radius 3 is 2.59 bits per heavy atom. The fraction of sp³-hybridized carbons (Fsp3) is 0.462. The van der Waals surface area contributed by atoms with Crippen molar-refractivity contribution in [3.05, 3.63) is 35.9 Å². The van der Waals surface area contributed by atoms with Gasteiger partial charge in [0.05, 0.1) is 5.92 Å². The van der Waals surface area contributed by atoms with Gasteiger partial charge in [-0.2, -0.15) is 0 Å². The van der Waals surface area contributed by atoms with Crippen LogP contribution in [0.25, 0.3) is 0 Å². The van der Waals surface area contributed by atoms with Crippen molar-refractivity contribution in [2.24, 2.45) is 11.7 Å². The number of hydrogen-bond acceptors (Lipinski definition) is 2. The molecule has 0 saturated heterocycles. The van der Waals surface area contributed by atoms with E-state index in [9.17, 15) is 4.79 Å². The SMILES string of the molecule is Cl.N[C@@H]1CCC[C@@H]1C(=O)NCc1ccccc1. The number of nitrogens with two attached hydrogens (primary N) is 1. The zero-order valence-corrected chi connectivity index (χ0v) is 10.6. The molecule has 1 fully saturated rings. The lowest BCUT2D eigenvalue weighted by molar-refractivity contribution is -0.125. The van der Waals surface area contributed by atoms with Crippen molar-refractivity contribution in [2.75, 3.05) is 0 Å². The van der Waals surface area contributed by atoms with Crippen molar-refractivity contribution >= 4 is 18.3 Å². The molecule has 0 unspecified atom stereocenters. The fourth-order valence-corrected chi connectivity index (χ4v) is 2.23. The summed E-state index contributed by atoms with van der Waals surface area (Å²) in [5.74, 6) is 0.123. The molecule has 2 atom stereocenters. The van der Waals surface area contributed by atoms with E-state index in [0.29, 0.717) is 6.54 Å². The largest absolute Gasteiger partial charge is 0.352 e. The molecule has 1 aliphatic carbocycles. The second kappa shape index (κ2) is 6.62. The van der Waals surface area contributed by atoms with Crippen LogP contribution in [0.5, 0.6) is 0 Å². The summed E-state index contributed by atoms with van der Waals surface area (Å²) < 4.78 is 0. The zero-order valence-electron chi connectivity index (χ0n) is 9.76. The van der Waals surface area contributed by atoms with E-state index in [-0.39, 0.29) is 30.3 Å². The molecule has 4 heteroatoms. The van der Waals surface area contributed by atoms with Gasteiger partial charge < -0.3 is 11.1 Å². The lowest BCUT2D eigenvalue weighted by atomic mass is 10.0. The molecule has 0 radical (unpaired) electrons. The highest BCUT2D eigenvalue weighted by molar-refractivity contribution is 5.85. The number of rotatable bonds is 3. The molecule has 1 aromatic carbocycles. The molecule has 2 rings (SSSR count). The monoisotopic (exact) mass is 254 g/mol. The smallest absolute Gasteiger partial charge is 0.224 e. The maximum atomic E-state index is 11.8. The van der Waals surface area contributed by atoms with Gasteiger partial charge in [-0.25, -0.2) is 0 Å². The van der Waals surface area contributed by atoms with Gasteiger partial charge in [0.1, 0.15) is 0 Å². The third kappa shape index (κ3) is 3.72. The number of carbonyl (C=O) groups is 1. The number of hydrogen-bond donors (Lipinski definition) is 2. The number of benzene rings is 1. The molecule has 0 aliphatic heterocycles. The van der Waals surface area contributed by atoms with Gasteiger partial charge in [0, 0.05) is 12.6 Å². The summed E-state index contributed by atoms with van der Waals surface area (Å²) in [6.45, 7) is 0.600. The molecular weight excluding hydrogens is 236 g/mol. The first-order chi connectivity index (χ1) is 7.77. The number of amides is 1. The number of nitrogens with one attached hydrogen (secondary N) is 1. The molecule has 1 saturated carbocycles. The first kappa shape index (κ1) is 14.0. The van der Waals surface area contributed by atoms with Crippen molar-refractivity contribution in [1.82, 2.24) is 5.32 Å². The fourth-order valence-electron chi connectivity index (χ4n) is 2.23. The van der Waals surface area contributed by atoms with Crippen molar-refractivity contribution in [2.45, 2.75) is 31.8 Å². The van der Waals surface area contributed by atoms with E-state index in [0.717, 1.165) is 24.8 Å². The van der Waals surface area contributed by atoms with Crippen LogP contribution in [-0.4, -0.2) is 11.9 Å². The Bertz CT molecular complexity index is 356. The minimum atomic E-state index is 0. The molecule has 3 nitrogen and oxygen atoms in total. The molecule has 0 spiro atoms. The standard InChI is InChI=1S/C13H18N2O.ClH/c14-12-8-4-7-11(12)13(16)15-9-10-5-2-1-3-6-10;/h1-3,5-6,11-12H,4,7-9,14H2,(H,15,16);1H/t11-,12+;/m0./s1. The summed E-state index contributed by atoms with van der Waals surface area (Å²) in [6.07, 6.45) is 2.98. The first-order valence-corrected chi connectivity index (χ1v) is 5.84. The molecule has 1 aliphatic rings. The van der Waals surface area contributed by atoms with Gasteiger partial charge in [-0.1, -0.05) is 36.8 Å². The summed E-state index contributed by atoms with van der Waals surface area (Å²) >= 11 is 0. The molecule has 3 N–H and O–H groups in total. The van der Waals surface area contributed by atoms with Crippen LogP contribution in [-0.2, 0) is 11.3 Å². The Morgan fingerprint density at radius 2 is 2.00 bits per heavy atom. The van der Waals surface area contributed by atoms with Crippen molar-refractivity contribution in [1.29, 1.82) is 0 Å². The maximum Gasteiger partial charge on any atom is 0.224 e. The summed E-state index contributed by atoms with van der Waals surface area (Å²) in [6, 6.07) is 9.99. The third-order valence-corrected chi connectivity index (χ3v) is 3.22. The van der Waals surface area contributed by atoms with E-state index >= 15 is 0 Å². The molecule has 1 aromatic rings. The molecular formula is C13H19ClN2O. The van der Waals surface area contributed by atoms with Crippen LogP contribution in [0.15, 0.2) is 30.3 Å². The quantitative estimate of drug-likeness (QED) is 0.865. The average molecular weight is 255 g/mol. The van der Waals surface area contributed by atoms with E-state index in [1.54, 1.807) is 0 Å². The van der Waals surface area contributed by atoms with E-state index in [1.807, 2.05) is 30.3 Å². The predicted octanol–water partition coefficient (Wildman–Crippen LogP) is 1.85. The Morgan fingerprint density at radius 1 is 1.29 bits per heavy atom. The second-order valence-corrected chi connectivity index (χ2v) is 4.40. The van der Waals surface area contributed by atoms with Gasteiger partial charge >= 0.3 is 0 Å². The van der Waals surface area contributed by atoms with Gasteiger partial charge in [0.15, 0.2) is 0 Å². The Hall–Kier alpha value is -1.06. The van der Waals surface area contributed by atoms with E-state index < -0.39 is 0 Å². The predicted molar refractivity (Wildman–Crippen MR) is 70.9 cm³/mol. The highest BCUT2D eigenvalue weighted by atomic mass is 35.5. The van der Waals surface area contributed by atoms with Crippen molar-refractivity contribution in [3.8, 4) is 0 Å². The van der Waals surface area contributed by atoms with Crippen LogP contribution in [0.2, 0.25) is 0 Å². The normalized spacial score (nSPS) is 22.9. The van der Waals surface area contributed by atoms with E-state index in [4.69, 9.17) is 5.73 Å². The van der Waals surface area contributed by atoms with Crippen LogP contribution in [0.1, 0.15) is 24.8 Å². The maximum absolute atomic E-state index is 11.8. The van der Waals surface area contributed by atoms with Gasteiger partial charge in [0.2, 0.25) is 5.91 Å². The topological polar surface area (TPSA) is 55.1 Å². The Balaban J connectivity index is 0.00000144. The molecule has 0 aromatic heterocycles. The summed E-state index contributed by atoms with van der Waals surface area (Å²) in [5.41, 5.74) is 7.02. The molecule has 94 valence electrons. The molecule has 0 heterocycles. The summed E-state index contributed by atoms with van der Waals surface area (Å²) in [5, 5.41) is 2.95. The molecule has 0 bridgehead atoms. The van der Waals surface area contributed by atoms with Crippen LogP contribution in [0.4, 0.5) is 0 Å². The lowest BCUT2D eigenvalue weighted by Gasteiger charge is -2.15. The van der Waals surface area contributed by atoms with Gasteiger partial charge in [0.25, 0.3) is 0 Å². The minimum absolute atomic E-state index is 0. The molecule has 17 heavy (non-hydrogen) atoms. The highest BCUT2D eigenvalue weighted by Gasteiger charge is 2.29. The van der Waals surface area contributed by atoms with Gasteiger partial charge in [-0.3, -0.25) is 4.79 Å². The van der Waals surface area contributed by atoms with Crippen molar-refractivity contribution < 1.29 is 4.79 Å². The summed E-state index contributed by atoms with van der Waals surface area (Å²) in [7, 11) is 0. The number of carbonyl (C=O) groups excluding carboxylic acids is 1. The van der Waals surface area contributed by atoms with Crippen molar-refractivity contribution in [3.63, 3.8) is 0 Å². The summed E-state index contributed by atoms with van der Waals surface area (Å²) in [4.78, 5) is 11.8. The van der Waals surface area contributed by atoms with Crippen LogP contribution in [0.3, 0.4) is 0 Å². The highest BCUT2D eigenvalue weighted by Crippen LogP contribution is 2.23. The molecule has 1 amide bonds. The van der Waals surface area contributed by atoms with Gasteiger partial charge in [-0.05, 0) is 18.4 Å². The lowest BCUT2D eigenvalue weighted by Crippen LogP contribution is -2.38. The van der Waals surface area contributed by atoms with E-state index in [2.05, 4.69) is 5.32 Å². The Labute approximate surface area is 108 Å². The third-order valence-electron chi connectivity index (χ3n) is 3.22. The minimum Gasteiger partial charge on any atom is -0.352 e. The Kier molecular flexibility index (Phi) is 5.45. The first-order valence-electron chi connectivity index (χ1n) is 5.84. The second-order valence-electron chi connectivity index (χ2n) is 4.40. The average Bonchev–Trinajstić information content (AvgIpc) is 2.74.